The molecule has 0 bridgehead atoms. The highest BCUT2D eigenvalue weighted by molar-refractivity contribution is 7.89. The number of benzene rings is 2. The minimum atomic E-state index is -3.95. The van der Waals surface area contributed by atoms with Gasteiger partial charge in [-0.2, -0.15) is 0 Å². The molecule has 3 N–H and O–H groups in total. The van der Waals surface area contributed by atoms with Gasteiger partial charge >= 0.3 is 0 Å². The molecule has 1 amide bonds. The number of guanidine groups is 1. The van der Waals surface area contributed by atoms with Gasteiger partial charge in [-0.15, -0.1) is 0 Å². The van der Waals surface area contributed by atoms with E-state index >= 15 is 0 Å². The third-order valence-electron chi connectivity index (χ3n) is 4.96. The summed E-state index contributed by atoms with van der Waals surface area (Å²) in [6.45, 7) is 7.09. The summed E-state index contributed by atoms with van der Waals surface area (Å²) in [5, 5.41) is 0. The molecule has 0 saturated carbocycles. The maximum Gasteiger partial charge on any atom is 0.242 e. The van der Waals surface area contributed by atoms with Crippen molar-refractivity contribution in [1.82, 2.24) is 9.62 Å². The molecule has 0 saturated heterocycles. The molecule has 0 fully saturated rings. The molecule has 0 radical (unpaired) electrons. The zero-order valence-corrected chi connectivity index (χ0v) is 18.7. The predicted octanol–water partition coefficient (Wildman–Crippen LogP) is 2.82. The molecule has 0 aromatic heterocycles. The molecule has 30 heavy (non-hydrogen) atoms. The summed E-state index contributed by atoms with van der Waals surface area (Å²) in [7, 11) is -2.39. The summed E-state index contributed by atoms with van der Waals surface area (Å²) >= 11 is 0. The normalized spacial score (nSPS) is 20.2. The first-order valence-electron chi connectivity index (χ1n) is 9.69. The molecule has 160 valence electrons. The standard InChI is InChI=1S/C22H28N4O3S/c1-21(2,3)25-30(28,29)19-16(15-10-7-6-8-11-15)12-9-13-17(19)22(4)14-18(27)26(5)20(23)24-22/h6-13,25H,14H2,1-5H3,(H2,23,24). The van der Waals surface area contributed by atoms with Crippen molar-refractivity contribution in [3.05, 3.63) is 54.1 Å². The SMILES string of the molecule is CN1C(=O)CC(C)(c2cccc(-c3ccccc3)c2S(=O)(=O)NC(C)(C)C)N=C1N. The Hall–Kier alpha value is -2.71. The summed E-state index contributed by atoms with van der Waals surface area (Å²) in [4.78, 5) is 18.5. The molecule has 0 spiro atoms. The van der Waals surface area contributed by atoms with Crippen molar-refractivity contribution in [2.45, 2.75) is 50.1 Å². The van der Waals surface area contributed by atoms with Crippen molar-refractivity contribution in [1.29, 1.82) is 0 Å². The fourth-order valence-electron chi connectivity index (χ4n) is 3.61. The number of carbonyl (C=O) groups excluding carboxylic acids is 1. The van der Waals surface area contributed by atoms with Crippen LogP contribution >= 0.6 is 0 Å². The van der Waals surface area contributed by atoms with E-state index in [1.165, 1.54) is 4.90 Å². The van der Waals surface area contributed by atoms with Gasteiger partial charge in [0.05, 0.1) is 16.9 Å². The van der Waals surface area contributed by atoms with Gasteiger partial charge in [-0.1, -0.05) is 48.5 Å². The van der Waals surface area contributed by atoms with Gasteiger partial charge in [0, 0.05) is 23.7 Å². The smallest absolute Gasteiger partial charge is 0.242 e. The van der Waals surface area contributed by atoms with Crippen molar-refractivity contribution in [3.8, 4) is 11.1 Å². The Labute approximate surface area is 178 Å². The molecule has 2 aromatic carbocycles. The third-order valence-corrected chi connectivity index (χ3v) is 6.82. The van der Waals surface area contributed by atoms with Crippen LogP contribution in [0, 0.1) is 0 Å². The second-order valence-electron chi connectivity index (χ2n) is 8.78. The number of amides is 1. The van der Waals surface area contributed by atoms with Gasteiger partial charge in [-0.25, -0.2) is 18.1 Å². The number of nitrogens with two attached hydrogens (primary N) is 1. The summed E-state index contributed by atoms with van der Waals surface area (Å²) < 4.78 is 29.9. The van der Waals surface area contributed by atoms with E-state index in [-0.39, 0.29) is 23.2 Å². The van der Waals surface area contributed by atoms with Crippen molar-refractivity contribution in [2.24, 2.45) is 10.7 Å². The Kier molecular flexibility index (Phi) is 5.51. The summed E-state index contributed by atoms with van der Waals surface area (Å²) in [6.07, 6.45) is 0.0144. The zero-order valence-electron chi connectivity index (χ0n) is 17.9. The number of rotatable bonds is 4. The Morgan fingerprint density at radius 1 is 1.10 bits per heavy atom. The van der Waals surface area contributed by atoms with Gasteiger partial charge in [-0.05, 0) is 33.3 Å². The number of nitrogens with zero attached hydrogens (tertiary/aromatic N) is 2. The Bertz CT molecular complexity index is 1100. The van der Waals surface area contributed by atoms with Gasteiger partial charge in [0.2, 0.25) is 15.9 Å². The van der Waals surface area contributed by atoms with Crippen molar-refractivity contribution in [2.75, 3.05) is 7.05 Å². The highest BCUT2D eigenvalue weighted by atomic mass is 32.2. The maximum absolute atomic E-state index is 13.6. The highest BCUT2D eigenvalue weighted by Gasteiger charge is 2.41. The molecule has 1 aliphatic rings. The van der Waals surface area contributed by atoms with Crippen LogP contribution in [0.4, 0.5) is 0 Å². The summed E-state index contributed by atoms with van der Waals surface area (Å²) in [6, 6.07) is 14.6. The van der Waals surface area contributed by atoms with E-state index in [2.05, 4.69) is 9.71 Å². The van der Waals surface area contributed by atoms with Crippen LogP contribution in [0.2, 0.25) is 0 Å². The van der Waals surface area contributed by atoms with Gasteiger partial charge in [-0.3, -0.25) is 9.69 Å². The number of sulfonamides is 1. The lowest BCUT2D eigenvalue weighted by atomic mass is 9.86. The van der Waals surface area contributed by atoms with Crippen LogP contribution in [-0.4, -0.2) is 37.8 Å². The van der Waals surface area contributed by atoms with E-state index < -0.39 is 21.1 Å². The number of hydrogen-bond acceptors (Lipinski definition) is 5. The van der Waals surface area contributed by atoms with Crippen LogP contribution in [0.3, 0.4) is 0 Å². The molecule has 3 rings (SSSR count). The number of aliphatic imine (C=N–C) groups is 1. The fraction of sp³-hybridized carbons (Fsp3) is 0.364. The van der Waals surface area contributed by atoms with E-state index in [9.17, 15) is 13.2 Å². The predicted molar refractivity (Wildman–Crippen MR) is 118 cm³/mol. The minimum absolute atomic E-state index is 0.0144. The molecule has 7 nitrogen and oxygen atoms in total. The van der Waals surface area contributed by atoms with Crippen molar-refractivity contribution < 1.29 is 13.2 Å². The lowest BCUT2D eigenvalue weighted by molar-refractivity contribution is -0.128. The van der Waals surface area contributed by atoms with E-state index in [4.69, 9.17) is 5.73 Å². The monoisotopic (exact) mass is 428 g/mol. The first-order valence-corrected chi connectivity index (χ1v) is 11.2. The molecule has 0 aliphatic carbocycles. The largest absolute Gasteiger partial charge is 0.369 e. The number of hydrogen-bond donors (Lipinski definition) is 2. The molecular formula is C22H28N4O3S. The average molecular weight is 429 g/mol. The van der Waals surface area contributed by atoms with Crippen LogP contribution in [0.25, 0.3) is 11.1 Å². The second kappa shape index (κ2) is 7.52. The molecule has 1 unspecified atom stereocenters. The van der Waals surface area contributed by atoms with Crippen LogP contribution in [0.1, 0.15) is 39.7 Å². The quantitative estimate of drug-likeness (QED) is 0.781. The Balaban J connectivity index is 2.34. The van der Waals surface area contributed by atoms with E-state index in [0.29, 0.717) is 11.1 Å². The van der Waals surface area contributed by atoms with Crippen LogP contribution in [0.15, 0.2) is 58.4 Å². The van der Waals surface area contributed by atoms with E-state index in [1.807, 2.05) is 30.3 Å². The maximum atomic E-state index is 13.6. The summed E-state index contributed by atoms with van der Waals surface area (Å²) in [5.74, 6) is -0.159. The first-order chi connectivity index (χ1) is 13.8. The molecule has 1 aliphatic heterocycles. The van der Waals surface area contributed by atoms with Crippen LogP contribution in [0.5, 0.6) is 0 Å². The molecule has 1 heterocycles. The van der Waals surface area contributed by atoms with Crippen LogP contribution < -0.4 is 10.5 Å². The van der Waals surface area contributed by atoms with Gasteiger partial charge in [0.1, 0.15) is 0 Å². The second-order valence-corrected chi connectivity index (χ2v) is 10.4. The average Bonchev–Trinajstić information content (AvgIpc) is 2.64. The zero-order chi connectivity index (χ0) is 22.3. The molecular weight excluding hydrogens is 400 g/mol. The number of nitrogens with one attached hydrogen (secondary N) is 1. The lowest BCUT2D eigenvalue weighted by Gasteiger charge is -2.35. The third kappa shape index (κ3) is 4.24. The fourth-order valence-corrected chi connectivity index (χ4v) is 5.57. The molecule has 1 atom stereocenters. The van der Waals surface area contributed by atoms with Gasteiger partial charge in [0.15, 0.2) is 5.96 Å². The minimum Gasteiger partial charge on any atom is -0.369 e. The van der Waals surface area contributed by atoms with Gasteiger partial charge < -0.3 is 5.73 Å². The Morgan fingerprint density at radius 3 is 2.30 bits per heavy atom. The van der Waals surface area contributed by atoms with E-state index in [1.54, 1.807) is 52.9 Å². The van der Waals surface area contributed by atoms with Crippen molar-refractivity contribution in [3.63, 3.8) is 0 Å². The molecule has 2 aromatic rings. The highest BCUT2D eigenvalue weighted by Crippen LogP contribution is 2.41. The summed E-state index contributed by atoms with van der Waals surface area (Å²) in [5.41, 5.74) is 5.92. The first kappa shape index (κ1) is 22.0. The van der Waals surface area contributed by atoms with Gasteiger partial charge in [0.25, 0.3) is 0 Å². The Morgan fingerprint density at radius 2 is 1.73 bits per heavy atom. The van der Waals surface area contributed by atoms with Crippen LogP contribution in [-0.2, 0) is 20.4 Å². The lowest BCUT2D eigenvalue weighted by Crippen LogP contribution is -2.48. The topological polar surface area (TPSA) is 105 Å². The molecule has 8 heteroatoms. The van der Waals surface area contributed by atoms with Crippen molar-refractivity contribution >= 4 is 21.9 Å². The number of carbonyl (C=O) groups is 1. The van der Waals surface area contributed by atoms with E-state index in [0.717, 1.165) is 5.56 Å².